The van der Waals surface area contributed by atoms with Crippen molar-refractivity contribution in [3.63, 3.8) is 0 Å². The SMILES string of the molecule is Cc1c(-c2c(S(=O)(=O)O)cnn2-c2ccc(C#N)cc2)c(=O)n(C2CCN(C)CC2)c(=O)n1-c1cccc(C(F)(F)F)c1. The van der Waals surface area contributed by atoms with Gasteiger partial charge in [-0.25, -0.2) is 9.48 Å². The summed E-state index contributed by atoms with van der Waals surface area (Å²) < 4.78 is 79.2. The minimum absolute atomic E-state index is 0.168. The average Bonchev–Trinajstić information content (AvgIpc) is 3.39. The minimum Gasteiger partial charge on any atom is -0.306 e. The fourth-order valence-electron chi connectivity index (χ4n) is 5.32. The van der Waals surface area contributed by atoms with Gasteiger partial charge in [-0.2, -0.15) is 31.9 Å². The Labute approximate surface area is 243 Å². The number of benzene rings is 2. The van der Waals surface area contributed by atoms with Gasteiger partial charge >= 0.3 is 11.9 Å². The molecule has 0 aliphatic carbocycles. The Morgan fingerprint density at radius 2 is 1.70 bits per heavy atom. The lowest BCUT2D eigenvalue weighted by molar-refractivity contribution is -0.137. The number of aromatic nitrogens is 4. The Kier molecular flexibility index (Phi) is 7.63. The molecule has 5 rings (SSSR count). The summed E-state index contributed by atoms with van der Waals surface area (Å²) in [6.45, 7) is 2.37. The van der Waals surface area contributed by atoms with Crippen LogP contribution in [-0.4, -0.2) is 56.9 Å². The number of hydrogen-bond acceptors (Lipinski definition) is 7. The minimum atomic E-state index is -5.00. The highest BCUT2D eigenvalue weighted by Gasteiger charge is 2.34. The molecular formula is C28H25F3N6O5S. The maximum absolute atomic E-state index is 14.3. The van der Waals surface area contributed by atoms with E-state index in [9.17, 15) is 41.0 Å². The summed E-state index contributed by atoms with van der Waals surface area (Å²) in [4.78, 5) is 29.5. The molecule has 1 aliphatic heterocycles. The van der Waals surface area contributed by atoms with Crippen LogP contribution in [0.2, 0.25) is 0 Å². The van der Waals surface area contributed by atoms with Crippen molar-refractivity contribution in [3.8, 4) is 28.7 Å². The molecule has 224 valence electrons. The van der Waals surface area contributed by atoms with Gasteiger partial charge in [-0.15, -0.1) is 0 Å². The fraction of sp³-hybridized carbons (Fsp3) is 0.286. The molecule has 0 radical (unpaired) electrons. The number of rotatable bonds is 5. The first kappa shape index (κ1) is 30.0. The number of likely N-dealkylation sites (tertiary alicyclic amines) is 1. The van der Waals surface area contributed by atoms with Gasteiger partial charge in [0.05, 0.1) is 40.3 Å². The smallest absolute Gasteiger partial charge is 0.306 e. The topological polar surface area (TPSA) is 143 Å². The van der Waals surface area contributed by atoms with Gasteiger partial charge in [-0.1, -0.05) is 6.07 Å². The average molecular weight is 615 g/mol. The summed E-state index contributed by atoms with van der Waals surface area (Å²) in [6.07, 6.45) is -3.15. The number of alkyl halides is 3. The van der Waals surface area contributed by atoms with Crippen LogP contribution in [-0.2, 0) is 16.3 Å². The summed E-state index contributed by atoms with van der Waals surface area (Å²) in [6, 6.07) is 11.1. The summed E-state index contributed by atoms with van der Waals surface area (Å²) in [5, 5.41) is 13.3. The Hall–Kier alpha value is -4.52. The van der Waals surface area contributed by atoms with E-state index < -0.39 is 49.7 Å². The van der Waals surface area contributed by atoms with Crippen molar-refractivity contribution in [2.45, 2.75) is 36.9 Å². The van der Waals surface area contributed by atoms with Crippen LogP contribution in [0.25, 0.3) is 22.6 Å². The second kappa shape index (κ2) is 11.0. The van der Waals surface area contributed by atoms with Gasteiger partial charge in [-0.05, 0) is 82.4 Å². The summed E-state index contributed by atoms with van der Waals surface area (Å²) >= 11 is 0. The number of piperidine rings is 1. The molecule has 15 heteroatoms. The lowest BCUT2D eigenvalue weighted by atomic mass is 10.0. The Bertz CT molecular complexity index is 1980. The molecule has 43 heavy (non-hydrogen) atoms. The Balaban J connectivity index is 1.90. The molecule has 3 heterocycles. The standard InChI is InChI=1S/C28H25F3N6O5S/c1-17-24(25-23(43(40,41)42)16-33-37(25)21-8-6-18(15-32)7-9-21)26(38)36(20-10-12-34(2)13-11-20)27(39)35(17)22-5-3-4-19(14-22)28(29,30)31/h3-9,14,16,20H,10-13H2,1-2H3,(H,40,41,42). The lowest BCUT2D eigenvalue weighted by Gasteiger charge is -2.31. The number of halogens is 3. The van der Waals surface area contributed by atoms with E-state index in [1.807, 2.05) is 18.0 Å². The van der Waals surface area contributed by atoms with Gasteiger partial charge < -0.3 is 4.90 Å². The highest BCUT2D eigenvalue weighted by Crippen LogP contribution is 2.33. The zero-order valence-corrected chi connectivity index (χ0v) is 23.7. The first-order valence-corrected chi connectivity index (χ1v) is 14.5. The second-order valence-electron chi connectivity index (χ2n) is 10.2. The van der Waals surface area contributed by atoms with E-state index in [1.54, 1.807) is 0 Å². The first-order chi connectivity index (χ1) is 20.2. The van der Waals surface area contributed by atoms with Crippen LogP contribution >= 0.6 is 0 Å². The quantitative estimate of drug-likeness (QED) is 0.336. The molecule has 2 aromatic heterocycles. The van der Waals surface area contributed by atoms with E-state index in [0.29, 0.717) is 25.9 Å². The van der Waals surface area contributed by atoms with E-state index >= 15 is 0 Å². The molecule has 0 unspecified atom stereocenters. The highest BCUT2D eigenvalue weighted by molar-refractivity contribution is 7.86. The van der Waals surface area contributed by atoms with Crippen molar-refractivity contribution in [2.24, 2.45) is 0 Å². The van der Waals surface area contributed by atoms with Gasteiger partial charge in [0.2, 0.25) is 0 Å². The van der Waals surface area contributed by atoms with Crippen LogP contribution < -0.4 is 11.2 Å². The van der Waals surface area contributed by atoms with E-state index in [4.69, 9.17) is 0 Å². The lowest BCUT2D eigenvalue weighted by Crippen LogP contribution is -2.46. The molecule has 1 N–H and O–H groups in total. The van der Waals surface area contributed by atoms with Crippen LogP contribution in [0.3, 0.4) is 0 Å². The van der Waals surface area contributed by atoms with Crippen LogP contribution in [0, 0.1) is 18.3 Å². The maximum atomic E-state index is 14.3. The van der Waals surface area contributed by atoms with Crippen molar-refractivity contribution in [1.29, 1.82) is 5.26 Å². The third-order valence-corrected chi connectivity index (χ3v) is 8.36. The zero-order valence-electron chi connectivity index (χ0n) is 22.9. The number of nitriles is 1. The zero-order chi connectivity index (χ0) is 31.3. The van der Waals surface area contributed by atoms with Crippen molar-refractivity contribution >= 4 is 10.1 Å². The normalized spacial score (nSPS) is 15.0. The van der Waals surface area contributed by atoms with Gasteiger partial charge in [0.15, 0.2) is 0 Å². The van der Waals surface area contributed by atoms with E-state index in [0.717, 1.165) is 38.2 Å². The number of hydrogen-bond donors (Lipinski definition) is 1. The molecule has 0 saturated carbocycles. The third kappa shape index (κ3) is 5.52. The fourth-order valence-corrected chi connectivity index (χ4v) is 5.94. The molecule has 4 aromatic rings. The van der Waals surface area contributed by atoms with Gasteiger partial charge in [0.1, 0.15) is 10.6 Å². The number of nitrogens with zero attached hydrogens (tertiary/aromatic N) is 6. The van der Waals surface area contributed by atoms with Crippen LogP contribution in [0.1, 0.15) is 35.7 Å². The van der Waals surface area contributed by atoms with Crippen LogP contribution in [0.15, 0.2) is 69.2 Å². The van der Waals surface area contributed by atoms with Gasteiger partial charge in [0, 0.05) is 11.7 Å². The van der Waals surface area contributed by atoms with Crippen molar-refractivity contribution in [3.05, 3.63) is 92.4 Å². The van der Waals surface area contributed by atoms with Gasteiger partial charge in [-0.3, -0.25) is 18.5 Å². The maximum Gasteiger partial charge on any atom is 0.416 e. The summed E-state index contributed by atoms with van der Waals surface area (Å²) in [5.41, 5.74) is -3.43. The molecule has 1 aliphatic rings. The Morgan fingerprint density at radius 1 is 1.05 bits per heavy atom. The molecule has 1 saturated heterocycles. The molecule has 1 fully saturated rings. The van der Waals surface area contributed by atoms with Crippen molar-refractivity contribution in [2.75, 3.05) is 20.1 Å². The van der Waals surface area contributed by atoms with E-state index in [-0.39, 0.29) is 28.2 Å². The van der Waals surface area contributed by atoms with Crippen molar-refractivity contribution < 1.29 is 26.1 Å². The predicted octanol–water partition coefficient (Wildman–Crippen LogP) is 3.56. The summed E-state index contributed by atoms with van der Waals surface area (Å²) in [5.74, 6) is 0. The predicted molar refractivity (Wildman–Crippen MR) is 149 cm³/mol. The van der Waals surface area contributed by atoms with Crippen LogP contribution in [0.4, 0.5) is 13.2 Å². The largest absolute Gasteiger partial charge is 0.416 e. The monoisotopic (exact) mass is 614 g/mol. The first-order valence-electron chi connectivity index (χ1n) is 13.0. The Morgan fingerprint density at radius 3 is 2.28 bits per heavy atom. The van der Waals surface area contributed by atoms with E-state index in [2.05, 4.69) is 5.10 Å². The van der Waals surface area contributed by atoms with Gasteiger partial charge in [0.25, 0.3) is 15.7 Å². The van der Waals surface area contributed by atoms with E-state index in [1.165, 1.54) is 37.3 Å². The molecule has 11 nitrogen and oxygen atoms in total. The second-order valence-corrected chi connectivity index (χ2v) is 11.6. The van der Waals surface area contributed by atoms with Crippen molar-refractivity contribution in [1.82, 2.24) is 23.8 Å². The molecule has 2 aromatic carbocycles. The molecule has 0 amide bonds. The molecule has 0 atom stereocenters. The van der Waals surface area contributed by atoms with Crippen LogP contribution in [0.5, 0.6) is 0 Å². The molecular weight excluding hydrogens is 589 g/mol. The third-order valence-electron chi connectivity index (χ3n) is 7.50. The molecule has 0 spiro atoms. The molecule has 0 bridgehead atoms. The highest BCUT2D eigenvalue weighted by atomic mass is 32.2. The summed E-state index contributed by atoms with van der Waals surface area (Å²) in [7, 11) is -3.13.